The zero-order chi connectivity index (χ0) is 54.0. The molecule has 2 bridgehead atoms. The molecule has 4 heterocycles. The maximum atomic E-state index is 13.1. The van der Waals surface area contributed by atoms with Gasteiger partial charge in [0.2, 0.25) is 0 Å². The minimum atomic E-state index is -2.37. The number of hydrogen-bond acceptors (Lipinski definition) is 20. The number of aliphatic hydroxyl groups excluding tert-OH is 10. The van der Waals surface area contributed by atoms with Gasteiger partial charge in [-0.25, -0.2) is 0 Å². The Morgan fingerprint density at radius 1 is 0.671 bits per heavy atom. The smallest absolute Gasteiger partial charge is 0.311 e. The first-order chi connectivity index (χ1) is 34.5. The molecule has 4 aliphatic rings. The lowest BCUT2D eigenvalue weighted by Crippen LogP contribution is -2.59. The van der Waals surface area contributed by atoms with Crippen molar-refractivity contribution in [1.82, 2.24) is 0 Å². The molecule has 3 fully saturated rings. The van der Waals surface area contributed by atoms with Crippen molar-refractivity contribution in [3.8, 4) is 0 Å². The molecule has 21 nitrogen and oxygen atoms in total. The van der Waals surface area contributed by atoms with Crippen molar-refractivity contribution < 1.29 is 99.3 Å². The number of aliphatic hydroxyl groups is 11. The number of allylic oxidation sites excluding steroid dienone is 10. The molecule has 3 saturated heterocycles. The fourth-order valence-electron chi connectivity index (χ4n) is 9.38. The third-order valence-corrected chi connectivity index (χ3v) is 13.8. The highest BCUT2D eigenvalue weighted by atomic mass is 16.7. The lowest BCUT2D eigenvalue weighted by atomic mass is 9.82. The highest BCUT2D eigenvalue weighted by Crippen LogP contribution is 2.38. The number of ether oxygens (including phenoxy) is 6. The minimum absolute atomic E-state index is 0.0213. The summed E-state index contributed by atoms with van der Waals surface area (Å²) in [6.07, 6.45) is -0.662. The van der Waals surface area contributed by atoms with Crippen LogP contribution in [-0.4, -0.2) is 196 Å². The molecule has 22 atom stereocenters. The molecule has 4 aliphatic heterocycles. The van der Waals surface area contributed by atoms with E-state index < -0.39 is 159 Å². The minimum Gasteiger partial charge on any atom is -0.481 e. The molecule has 16 unspecified atom stereocenters. The third kappa shape index (κ3) is 20.3. The van der Waals surface area contributed by atoms with E-state index in [1.54, 1.807) is 38.2 Å². The predicted octanol–water partition coefficient (Wildman–Crippen LogP) is 0.428. The number of cyclic esters (lactones) is 1. The molecular weight excluding hydrogens is 959 g/mol. The van der Waals surface area contributed by atoms with Gasteiger partial charge in [0.1, 0.15) is 24.2 Å². The number of nitrogens with two attached hydrogens (primary N) is 1. The largest absolute Gasteiger partial charge is 0.481 e. The van der Waals surface area contributed by atoms with Crippen LogP contribution in [0.4, 0.5) is 0 Å². The van der Waals surface area contributed by atoms with Crippen LogP contribution in [0.15, 0.2) is 72.9 Å². The average molecular weight is 1040 g/mol. The summed E-state index contributed by atoms with van der Waals surface area (Å²) in [6, 6.07) is -1.13. The molecule has 0 spiro atoms. The number of esters is 1. The summed E-state index contributed by atoms with van der Waals surface area (Å²) in [4.78, 5) is 25.6. The number of fused-ring (bicyclic) bond motifs is 2. The molecule has 0 aliphatic carbocycles. The Kier molecular flexibility index (Phi) is 26.0. The van der Waals surface area contributed by atoms with Crippen molar-refractivity contribution in [3.05, 3.63) is 72.9 Å². The normalized spacial score (nSPS) is 45.9. The fraction of sp³-hybridized carbons (Fsp3) is 0.731. The highest BCUT2D eigenvalue weighted by molar-refractivity contribution is 5.71. The Morgan fingerprint density at radius 2 is 1.29 bits per heavy atom. The molecule has 0 radical (unpaired) electrons. The van der Waals surface area contributed by atoms with E-state index in [1.807, 2.05) is 56.4 Å². The van der Waals surface area contributed by atoms with Gasteiger partial charge < -0.3 is 95.4 Å². The second-order valence-electron chi connectivity index (χ2n) is 20.1. The molecule has 0 aromatic heterocycles. The van der Waals surface area contributed by atoms with E-state index >= 15 is 0 Å². The summed E-state index contributed by atoms with van der Waals surface area (Å²) in [6.45, 7) is 6.81. The second kappa shape index (κ2) is 30.4. The summed E-state index contributed by atoms with van der Waals surface area (Å²) in [5.41, 5.74) is 5.95. The van der Waals surface area contributed by atoms with Gasteiger partial charge in [-0.05, 0) is 52.4 Å². The molecule has 0 aromatic rings. The maximum Gasteiger partial charge on any atom is 0.311 e. The first kappa shape index (κ1) is 62.2. The van der Waals surface area contributed by atoms with Gasteiger partial charge in [0.25, 0.3) is 0 Å². The molecule has 73 heavy (non-hydrogen) atoms. The van der Waals surface area contributed by atoms with Crippen molar-refractivity contribution in [3.63, 3.8) is 0 Å². The summed E-state index contributed by atoms with van der Waals surface area (Å²) in [5.74, 6) is -6.86. The van der Waals surface area contributed by atoms with E-state index in [-0.39, 0.29) is 51.0 Å². The average Bonchev–Trinajstić information content (AvgIpc) is 3.30. The monoisotopic (exact) mass is 1040 g/mol. The summed E-state index contributed by atoms with van der Waals surface area (Å²) >= 11 is 0. The van der Waals surface area contributed by atoms with Crippen LogP contribution in [0.5, 0.6) is 0 Å². The summed E-state index contributed by atoms with van der Waals surface area (Å²) < 4.78 is 35.4. The van der Waals surface area contributed by atoms with Gasteiger partial charge in [-0.3, -0.25) is 9.59 Å². The third-order valence-electron chi connectivity index (χ3n) is 13.8. The highest BCUT2D eigenvalue weighted by Gasteiger charge is 2.51. The maximum absolute atomic E-state index is 13.1. The van der Waals surface area contributed by atoms with E-state index in [0.29, 0.717) is 0 Å². The van der Waals surface area contributed by atoms with Crippen LogP contribution in [0.3, 0.4) is 0 Å². The number of carbonyl (C=O) groups is 2. The van der Waals surface area contributed by atoms with Gasteiger partial charge in [0.15, 0.2) is 18.4 Å². The van der Waals surface area contributed by atoms with E-state index in [0.717, 1.165) is 12.8 Å². The zero-order valence-corrected chi connectivity index (χ0v) is 42.2. The Bertz CT molecular complexity index is 1830. The second-order valence-corrected chi connectivity index (χ2v) is 20.1. The Morgan fingerprint density at radius 3 is 1.96 bits per heavy atom. The summed E-state index contributed by atoms with van der Waals surface area (Å²) in [5, 5.41) is 128. The molecule has 0 saturated carbocycles. The van der Waals surface area contributed by atoms with Gasteiger partial charge >= 0.3 is 11.9 Å². The molecule has 21 heteroatoms. The molecule has 0 aromatic carbocycles. The first-order valence-corrected chi connectivity index (χ1v) is 25.4. The topological polar surface area (TPSA) is 358 Å². The predicted molar refractivity (Wildman–Crippen MR) is 262 cm³/mol. The number of carboxylic acids is 1. The fourth-order valence-corrected chi connectivity index (χ4v) is 9.38. The van der Waals surface area contributed by atoms with Crippen molar-refractivity contribution in [2.75, 3.05) is 6.61 Å². The Balaban J connectivity index is 1.54. The number of carboxylic acid groups (broad SMARTS) is 1. The van der Waals surface area contributed by atoms with E-state index in [9.17, 15) is 70.9 Å². The van der Waals surface area contributed by atoms with Crippen molar-refractivity contribution >= 4 is 11.9 Å². The first-order valence-electron chi connectivity index (χ1n) is 25.4. The molecule has 0 amide bonds. The van der Waals surface area contributed by atoms with Gasteiger partial charge in [-0.1, -0.05) is 86.8 Å². The molecule has 4 rings (SSSR count). The van der Waals surface area contributed by atoms with Crippen LogP contribution in [-0.2, 0) is 38.0 Å². The summed E-state index contributed by atoms with van der Waals surface area (Å²) in [7, 11) is 0. The Labute approximate surface area is 427 Å². The van der Waals surface area contributed by atoms with Crippen LogP contribution in [0.1, 0.15) is 98.3 Å². The lowest BCUT2D eigenvalue weighted by molar-refractivity contribution is -0.307. The molecule has 14 N–H and O–H groups in total. The quantitative estimate of drug-likeness (QED) is 0.166. The van der Waals surface area contributed by atoms with Crippen LogP contribution >= 0.6 is 0 Å². The van der Waals surface area contributed by atoms with E-state index in [4.69, 9.17) is 34.2 Å². The van der Waals surface area contributed by atoms with Crippen LogP contribution in [0.25, 0.3) is 0 Å². The van der Waals surface area contributed by atoms with Crippen molar-refractivity contribution in [2.24, 2.45) is 23.5 Å². The number of rotatable bonds is 5. The van der Waals surface area contributed by atoms with Crippen molar-refractivity contribution in [2.45, 2.75) is 214 Å². The van der Waals surface area contributed by atoms with Crippen LogP contribution < -0.4 is 5.73 Å². The zero-order valence-electron chi connectivity index (χ0n) is 42.2. The van der Waals surface area contributed by atoms with E-state index in [1.165, 1.54) is 6.08 Å². The Hall–Kier alpha value is -3.30. The van der Waals surface area contributed by atoms with Gasteiger partial charge in [0, 0.05) is 37.5 Å². The molecular formula is C52H83NO20. The number of carbonyl (C=O) groups excluding carboxylic acids is 1. The van der Waals surface area contributed by atoms with E-state index in [2.05, 4.69) is 0 Å². The van der Waals surface area contributed by atoms with Gasteiger partial charge in [-0.15, -0.1) is 0 Å². The van der Waals surface area contributed by atoms with Crippen LogP contribution in [0.2, 0.25) is 0 Å². The lowest BCUT2D eigenvalue weighted by Gasteiger charge is -2.45. The van der Waals surface area contributed by atoms with Crippen LogP contribution in [0, 0.1) is 17.8 Å². The molecule has 416 valence electrons. The SMILES string of the molecule is CC1/C=C/C=C/CC/C=C/C=C/C=C/C=C/C(OC2OC[C@@H](O)[C@H](N)[C@@H]2O)CC2OC(O)(CC(O)C(O)CCC(O)CC(O)CC(O)CC(=O)OC(C)C(C)C1OC1C[C@@H](O)[C@@H](O)[C@H](C)O1)CC(O)C2C(=O)O. The van der Waals surface area contributed by atoms with Gasteiger partial charge in [-0.2, -0.15) is 0 Å². The standard InChI is InChI=1S/C52H83NO20/c1-29-17-15-13-11-9-7-5-6-8-10-12-14-16-18-36(71-51-48(64)46(53)41(61)28-68-51)24-42-45(50(65)66)40(60)27-52(67,73-42)26-39(59)37(57)20-19-33(54)21-34(55)22-35(56)23-43(62)69-31(3)30(2)49(29)72-44-25-38(58)47(63)32(4)70-44/h5-6,8,10-18,29-42,44-49,51,54-61,63-64,67H,7,9,19-28,53H2,1-4H3,(H,65,66)/b6-5+,10-8+,13-11+,14-12+,17-15+,18-16+/t29?,30?,31?,32-,33?,34?,35?,36?,37?,38+,39?,40?,41+,42?,44?,45?,46-,47-,48-,49?,51?,52?/m0/s1. The number of aliphatic carboxylic acids is 1. The van der Waals surface area contributed by atoms with Crippen molar-refractivity contribution in [1.29, 1.82) is 0 Å². The van der Waals surface area contributed by atoms with Gasteiger partial charge in [0.05, 0.1) is 92.3 Å². The number of hydrogen-bond donors (Lipinski definition) is 13.